The van der Waals surface area contributed by atoms with Crippen molar-refractivity contribution in [3.8, 4) is 5.75 Å². The minimum absolute atomic E-state index is 0.646. The number of anilines is 1. The van der Waals surface area contributed by atoms with Gasteiger partial charge in [-0.25, -0.2) is 0 Å². The zero-order valence-corrected chi connectivity index (χ0v) is 12.0. The number of rotatable bonds is 6. The molecule has 0 saturated carbocycles. The maximum absolute atomic E-state index is 5.15. The summed E-state index contributed by atoms with van der Waals surface area (Å²) in [4.78, 5) is 2.56. The first-order valence-corrected chi connectivity index (χ1v) is 7.12. The summed E-state index contributed by atoms with van der Waals surface area (Å²) in [5.74, 6) is 0.903. The fourth-order valence-corrected chi connectivity index (χ4v) is 2.44. The Morgan fingerprint density at radius 2 is 1.95 bits per heavy atom. The second-order valence-corrected chi connectivity index (χ2v) is 5.08. The topological polar surface area (TPSA) is 36.5 Å². The first-order valence-electron chi connectivity index (χ1n) is 7.12. The molecule has 0 spiro atoms. The molecule has 1 saturated heterocycles. The van der Waals surface area contributed by atoms with E-state index in [1.807, 2.05) is 12.1 Å². The molecule has 0 radical (unpaired) electrons. The Morgan fingerprint density at radius 1 is 1.26 bits per heavy atom. The molecule has 0 aromatic heterocycles. The summed E-state index contributed by atoms with van der Waals surface area (Å²) in [5.41, 5.74) is 1.16. The Bertz CT molecular complexity index is 360. The lowest BCUT2D eigenvalue weighted by molar-refractivity contribution is 0.179. The summed E-state index contributed by atoms with van der Waals surface area (Å²) in [6.07, 6.45) is 1.17. The minimum Gasteiger partial charge on any atom is -0.497 e. The van der Waals surface area contributed by atoms with E-state index in [4.69, 9.17) is 4.74 Å². The third-order valence-electron chi connectivity index (χ3n) is 3.76. The first kappa shape index (κ1) is 14.2. The summed E-state index contributed by atoms with van der Waals surface area (Å²) < 4.78 is 5.15. The molecule has 0 amide bonds. The van der Waals surface area contributed by atoms with Gasteiger partial charge in [0.25, 0.3) is 0 Å². The summed E-state index contributed by atoms with van der Waals surface area (Å²) in [6, 6.07) is 8.75. The normalized spacial score (nSPS) is 18.0. The molecule has 1 atom stereocenters. The van der Waals surface area contributed by atoms with Gasteiger partial charge >= 0.3 is 0 Å². The van der Waals surface area contributed by atoms with E-state index < -0.39 is 0 Å². The average Bonchev–Trinajstić information content (AvgIpc) is 2.49. The second kappa shape index (κ2) is 7.36. The van der Waals surface area contributed by atoms with Crippen LogP contribution in [0.1, 0.15) is 13.3 Å². The van der Waals surface area contributed by atoms with Crippen molar-refractivity contribution in [2.24, 2.45) is 0 Å². The van der Waals surface area contributed by atoms with E-state index in [9.17, 15) is 0 Å². The maximum atomic E-state index is 5.15. The second-order valence-electron chi connectivity index (χ2n) is 5.08. The van der Waals surface area contributed by atoms with Crippen LogP contribution in [0.3, 0.4) is 0 Å². The number of piperazine rings is 1. The number of nitrogens with zero attached hydrogens (tertiary/aromatic N) is 1. The highest BCUT2D eigenvalue weighted by molar-refractivity contribution is 5.46. The lowest BCUT2D eigenvalue weighted by Gasteiger charge is -2.32. The number of hydrogen-bond donors (Lipinski definition) is 2. The molecule has 106 valence electrons. The summed E-state index contributed by atoms with van der Waals surface area (Å²) in [7, 11) is 1.69. The van der Waals surface area contributed by atoms with Crippen LogP contribution in [0.2, 0.25) is 0 Å². The Balaban J connectivity index is 1.69. The van der Waals surface area contributed by atoms with Gasteiger partial charge in [-0.15, -0.1) is 0 Å². The molecule has 2 rings (SSSR count). The van der Waals surface area contributed by atoms with E-state index in [0.717, 1.165) is 31.1 Å². The molecule has 4 heteroatoms. The van der Waals surface area contributed by atoms with Crippen molar-refractivity contribution in [1.82, 2.24) is 10.2 Å². The maximum Gasteiger partial charge on any atom is 0.119 e. The van der Waals surface area contributed by atoms with Gasteiger partial charge in [-0.2, -0.15) is 0 Å². The van der Waals surface area contributed by atoms with E-state index in [-0.39, 0.29) is 0 Å². The van der Waals surface area contributed by atoms with Gasteiger partial charge in [0.1, 0.15) is 5.75 Å². The Kier molecular flexibility index (Phi) is 5.48. The van der Waals surface area contributed by atoms with Crippen LogP contribution < -0.4 is 15.4 Å². The van der Waals surface area contributed by atoms with Crippen LogP contribution in [0, 0.1) is 0 Å². The van der Waals surface area contributed by atoms with Gasteiger partial charge in [0.2, 0.25) is 0 Å². The molecule has 19 heavy (non-hydrogen) atoms. The Morgan fingerprint density at radius 3 is 2.58 bits per heavy atom. The van der Waals surface area contributed by atoms with E-state index >= 15 is 0 Å². The van der Waals surface area contributed by atoms with Gasteiger partial charge in [0, 0.05) is 44.5 Å². The van der Waals surface area contributed by atoms with Gasteiger partial charge in [-0.05, 0) is 37.6 Å². The van der Waals surface area contributed by atoms with Crippen LogP contribution in [0.15, 0.2) is 24.3 Å². The summed E-state index contributed by atoms with van der Waals surface area (Å²) in [5, 5.41) is 6.86. The predicted molar refractivity (Wildman–Crippen MR) is 80.0 cm³/mol. The molecular weight excluding hydrogens is 238 g/mol. The molecule has 1 aliphatic rings. The fraction of sp³-hybridized carbons (Fsp3) is 0.600. The average molecular weight is 263 g/mol. The Hall–Kier alpha value is -1.26. The third kappa shape index (κ3) is 4.40. The van der Waals surface area contributed by atoms with Crippen LogP contribution in [0.4, 0.5) is 5.69 Å². The largest absolute Gasteiger partial charge is 0.497 e. The van der Waals surface area contributed by atoms with Crippen LogP contribution in [0.25, 0.3) is 0 Å². The smallest absolute Gasteiger partial charge is 0.119 e. The van der Waals surface area contributed by atoms with E-state index in [1.165, 1.54) is 19.5 Å². The standard InChI is InChI=1S/C15H25N3O/c1-13(18-11-9-16-10-12-18)7-8-17-14-3-5-15(19-2)6-4-14/h3-6,13,16-17H,7-12H2,1-2H3. The van der Waals surface area contributed by atoms with E-state index in [2.05, 4.69) is 34.6 Å². The molecule has 1 aromatic carbocycles. The highest BCUT2D eigenvalue weighted by Gasteiger charge is 2.15. The predicted octanol–water partition coefficient (Wildman–Crippen LogP) is 1.79. The molecule has 1 heterocycles. The highest BCUT2D eigenvalue weighted by Crippen LogP contribution is 2.15. The van der Waals surface area contributed by atoms with Crippen molar-refractivity contribution in [2.45, 2.75) is 19.4 Å². The van der Waals surface area contributed by atoms with Crippen molar-refractivity contribution in [2.75, 3.05) is 45.2 Å². The van der Waals surface area contributed by atoms with Crippen LogP contribution in [0.5, 0.6) is 5.75 Å². The molecule has 1 unspecified atom stereocenters. The SMILES string of the molecule is COc1ccc(NCCC(C)N2CCNCC2)cc1. The molecule has 1 fully saturated rings. The zero-order valence-electron chi connectivity index (χ0n) is 12.0. The van der Waals surface area contributed by atoms with Crippen LogP contribution in [-0.4, -0.2) is 50.8 Å². The number of hydrogen-bond acceptors (Lipinski definition) is 4. The molecule has 1 aliphatic heterocycles. The quantitative estimate of drug-likeness (QED) is 0.820. The highest BCUT2D eigenvalue weighted by atomic mass is 16.5. The number of ether oxygens (including phenoxy) is 1. The van der Waals surface area contributed by atoms with Crippen molar-refractivity contribution in [3.05, 3.63) is 24.3 Å². The third-order valence-corrected chi connectivity index (χ3v) is 3.76. The van der Waals surface area contributed by atoms with Crippen molar-refractivity contribution >= 4 is 5.69 Å². The summed E-state index contributed by atoms with van der Waals surface area (Å²) >= 11 is 0. The molecule has 0 bridgehead atoms. The Labute approximate surface area is 116 Å². The van der Waals surface area contributed by atoms with Gasteiger partial charge in [-0.3, -0.25) is 4.90 Å². The molecule has 2 N–H and O–H groups in total. The van der Waals surface area contributed by atoms with Gasteiger partial charge in [0.15, 0.2) is 0 Å². The lowest BCUT2D eigenvalue weighted by atomic mass is 10.1. The first-order chi connectivity index (χ1) is 9.29. The van der Waals surface area contributed by atoms with Crippen LogP contribution in [-0.2, 0) is 0 Å². The fourth-order valence-electron chi connectivity index (χ4n) is 2.44. The molecule has 4 nitrogen and oxygen atoms in total. The van der Waals surface area contributed by atoms with Crippen molar-refractivity contribution < 1.29 is 4.74 Å². The van der Waals surface area contributed by atoms with E-state index in [0.29, 0.717) is 6.04 Å². The van der Waals surface area contributed by atoms with Gasteiger partial charge in [0.05, 0.1) is 7.11 Å². The monoisotopic (exact) mass is 263 g/mol. The van der Waals surface area contributed by atoms with Crippen LogP contribution >= 0.6 is 0 Å². The van der Waals surface area contributed by atoms with E-state index in [1.54, 1.807) is 7.11 Å². The number of benzene rings is 1. The van der Waals surface area contributed by atoms with Gasteiger partial charge < -0.3 is 15.4 Å². The zero-order chi connectivity index (χ0) is 13.5. The summed E-state index contributed by atoms with van der Waals surface area (Å²) in [6.45, 7) is 7.92. The van der Waals surface area contributed by atoms with Crippen molar-refractivity contribution in [1.29, 1.82) is 0 Å². The molecular formula is C15H25N3O. The number of nitrogens with one attached hydrogen (secondary N) is 2. The molecule has 1 aromatic rings. The van der Waals surface area contributed by atoms with Crippen molar-refractivity contribution in [3.63, 3.8) is 0 Å². The minimum atomic E-state index is 0.646. The number of methoxy groups -OCH3 is 1. The lowest BCUT2D eigenvalue weighted by Crippen LogP contribution is -2.47. The molecule has 0 aliphatic carbocycles. The van der Waals surface area contributed by atoms with Gasteiger partial charge in [-0.1, -0.05) is 0 Å².